The van der Waals surface area contributed by atoms with E-state index in [1.54, 1.807) is 18.3 Å². The standard InChI is InChI=1S/C11H17N3O.ClH.Co.H2O/c12-5-6-13-7-8-14-9-10-3-1-2-4-11(10)15;;;/h1-4,9,13,15H,5-8,12H2;1H;;1H2/q;;+2;/p-2. The fourth-order valence-electron chi connectivity index (χ4n) is 1.12. The molecule has 0 fully saturated rings. The van der Waals surface area contributed by atoms with Crippen LogP contribution in [0.1, 0.15) is 5.56 Å². The van der Waals surface area contributed by atoms with Gasteiger partial charge in [0.1, 0.15) is 0 Å². The number of aliphatic imine (C=N–C) groups is 1. The molecular weight excluding hydrogens is 301 g/mol. The Kier molecular flexibility index (Phi) is 18.1. The van der Waals surface area contributed by atoms with Gasteiger partial charge in [0.15, 0.2) is 0 Å². The summed E-state index contributed by atoms with van der Waals surface area (Å²) in [6.07, 6.45) is 1.62. The molecule has 1 radical (unpaired) electrons. The van der Waals surface area contributed by atoms with Gasteiger partial charge in [-0.15, -0.1) is 5.75 Å². The summed E-state index contributed by atoms with van der Waals surface area (Å²) in [6.45, 7) is 2.88. The van der Waals surface area contributed by atoms with Crippen molar-refractivity contribution in [3.63, 3.8) is 0 Å². The fourth-order valence-corrected chi connectivity index (χ4v) is 1.12. The molecular formula is C11H18ClCoN3O2. The Bertz CT molecular complexity index is 327. The molecule has 1 aromatic rings. The van der Waals surface area contributed by atoms with E-state index in [1.165, 1.54) is 6.07 Å². The first kappa shape index (κ1) is 22.5. The van der Waals surface area contributed by atoms with Gasteiger partial charge in [0, 0.05) is 25.8 Å². The molecule has 0 amide bonds. The summed E-state index contributed by atoms with van der Waals surface area (Å²) in [5.41, 5.74) is 5.95. The van der Waals surface area contributed by atoms with Crippen LogP contribution >= 0.6 is 0 Å². The zero-order chi connectivity index (χ0) is 10.9. The molecule has 0 aliphatic rings. The van der Waals surface area contributed by atoms with Crippen molar-refractivity contribution < 1.29 is 39.8 Å². The van der Waals surface area contributed by atoms with Crippen molar-refractivity contribution >= 4 is 6.21 Å². The zero-order valence-electron chi connectivity index (χ0n) is 9.86. The molecule has 7 heteroatoms. The number of nitrogens with zero attached hydrogens (tertiary/aromatic N) is 1. The van der Waals surface area contributed by atoms with Gasteiger partial charge >= 0.3 is 16.8 Å². The molecule has 105 valence electrons. The molecule has 0 unspecified atom stereocenters. The molecule has 0 aromatic heterocycles. The predicted octanol–water partition coefficient (Wildman–Crippen LogP) is -4.10. The third-order valence-electron chi connectivity index (χ3n) is 1.89. The third kappa shape index (κ3) is 9.40. The first-order valence-corrected chi connectivity index (χ1v) is 5.01. The fraction of sp³-hybridized carbons (Fsp3) is 0.364. The molecule has 18 heavy (non-hydrogen) atoms. The van der Waals surface area contributed by atoms with Gasteiger partial charge in [0.25, 0.3) is 0 Å². The monoisotopic (exact) mass is 318 g/mol. The molecule has 5 N–H and O–H groups in total. The number of nitrogens with one attached hydrogen (secondary N) is 1. The van der Waals surface area contributed by atoms with Gasteiger partial charge in [-0.05, 0) is 5.56 Å². The summed E-state index contributed by atoms with van der Waals surface area (Å²) >= 11 is 0. The summed E-state index contributed by atoms with van der Waals surface area (Å²) in [5.74, 6) is 0.0103. The van der Waals surface area contributed by atoms with Crippen molar-refractivity contribution in [2.75, 3.05) is 26.2 Å². The minimum atomic E-state index is 0. The summed E-state index contributed by atoms with van der Waals surface area (Å²) < 4.78 is 0. The number of hydrogen-bond acceptors (Lipinski definition) is 4. The van der Waals surface area contributed by atoms with E-state index in [4.69, 9.17) is 5.73 Å². The first-order chi connectivity index (χ1) is 7.34. The van der Waals surface area contributed by atoms with Crippen molar-refractivity contribution in [2.45, 2.75) is 0 Å². The van der Waals surface area contributed by atoms with Gasteiger partial charge in [-0.1, -0.05) is 24.3 Å². The van der Waals surface area contributed by atoms with E-state index in [1.807, 2.05) is 6.07 Å². The van der Waals surface area contributed by atoms with Gasteiger partial charge in [0.2, 0.25) is 0 Å². The number of halogens is 1. The molecule has 0 aliphatic carbocycles. The zero-order valence-corrected chi connectivity index (χ0v) is 11.7. The minimum Gasteiger partial charge on any atom is -1.00 e. The molecule has 0 saturated heterocycles. The van der Waals surface area contributed by atoms with Crippen molar-refractivity contribution in [3.8, 4) is 5.75 Å². The Hall–Kier alpha value is -0.634. The van der Waals surface area contributed by atoms with E-state index in [0.29, 0.717) is 18.7 Å². The molecule has 0 heterocycles. The molecule has 0 aliphatic heterocycles. The van der Waals surface area contributed by atoms with Crippen LogP contribution in [0.15, 0.2) is 29.3 Å². The van der Waals surface area contributed by atoms with E-state index < -0.39 is 0 Å². The van der Waals surface area contributed by atoms with Gasteiger partial charge < -0.3 is 34.0 Å². The van der Waals surface area contributed by atoms with Crippen LogP contribution < -0.4 is 28.6 Å². The largest absolute Gasteiger partial charge is 2.00 e. The maximum absolute atomic E-state index is 11.3. The van der Waals surface area contributed by atoms with Gasteiger partial charge in [-0.25, -0.2) is 0 Å². The molecule has 5 nitrogen and oxygen atoms in total. The van der Waals surface area contributed by atoms with Crippen LogP contribution in [0.3, 0.4) is 0 Å². The normalized spacial score (nSPS) is 9.17. The average Bonchev–Trinajstić information content (AvgIpc) is 2.25. The van der Waals surface area contributed by atoms with Crippen LogP contribution in [-0.4, -0.2) is 37.9 Å². The number of para-hydroxylation sites is 1. The van der Waals surface area contributed by atoms with Crippen LogP contribution in [0.5, 0.6) is 5.75 Å². The number of hydrogen-bond donors (Lipinski definition) is 2. The Morgan fingerprint density at radius 1 is 1.28 bits per heavy atom. The van der Waals surface area contributed by atoms with E-state index in [9.17, 15) is 5.11 Å². The maximum atomic E-state index is 11.3. The molecule has 1 rings (SSSR count). The average molecular weight is 319 g/mol. The van der Waals surface area contributed by atoms with Gasteiger partial charge in [-0.3, -0.25) is 4.99 Å². The molecule has 0 atom stereocenters. The molecule has 0 bridgehead atoms. The summed E-state index contributed by atoms with van der Waals surface area (Å²) in [4.78, 5) is 4.15. The molecule has 1 aromatic carbocycles. The van der Waals surface area contributed by atoms with Gasteiger partial charge in [0.05, 0.1) is 6.54 Å². The number of rotatable bonds is 6. The second-order valence-electron chi connectivity index (χ2n) is 3.11. The van der Waals surface area contributed by atoms with E-state index in [0.717, 1.165) is 13.1 Å². The Morgan fingerprint density at radius 2 is 1.94 bits per heavy atom. The van der Waals surface area contributed by atoms with Crippen molar-refractivity contribution in [1.82, 2.24) is 5.32 Å². The second-order valence-corrected chi connectivity index (χ2v) is 3.11. The van der Waals surface area contributed by atoms with Crippen LogP contribution in [0.4, 0.5) is 0 Å². The smallest absolute Gasteiger partial charge is 1.00 e. The third-order valence-corrected chi connectivity index (χ3v) is 1.89. The Morgan fingerprint density at radius 3 is 2.56 bits per heavy atom. The summed E-state index contributed by atoms with van der Waals surface area (Å²) in [6, 6.07) is 6.85. The van der Waals surface area contributed by atoms with Crippen LogP contribution in [-0.2, 0) is 16.8 Å². The van der Waals surface area contributed by atoms with Crippen molar-refractivity contribution in [2.24, 2.45) is 10.7 Å². The molecule has 0 spiro atoms. The Labute approximate surface area is 124 Å². The van der Waals surface area contributed by atoms with E-state index in [-0.39, 0.29) is 40.4 Å². The van der Waals surface area contributed by atoms with Crippen LogP contribution in [0.25, 0.3) is 0 Å². The quantitative estimate of drug-likeness (QED) is 0.411. The van der Waals surface area contributed by atoms with E-state index in [2.05, 4.69) is 10.3 Å². The van der Waals surface area contributed by atoms with E-state index >= 15 is 0 Å². The molecule has 0 saturated carbocycles. The topological polar surface area (TPSA) is 105 Å². The SMILES string of the molecule is NCCNCCN=Cc1ccccc1[O-].O.[Cl-].[Co+2]. The van der Waals surface area contributed by atoms with Crippen LogP contribution in [0.2, 0.25) is 0 Å². The second kappa shape index (κ2) is 14.4. The number of nitrogens with two attached hydrogens (primary N) is 1. The van der Waals surface area contributed by atoms with Crippen molar-refractivity contribution in [3.05, 3.63) is 29.8 Å². The predicted molar refractivity (Wildman–Crippen MR) is 63.9 cm³/mol. The summed E-state index contributed by atoms with van der Waals surface area (Å²) in [7, 11) is 0. The van der Waals surface area contributed by atoms with Gasteiger partial charge in [-0.2, -0.15) is 0 Å². The first-order valence-electron chi connectivity index (χ1n) is 5.01. The number of benzene rings is 1. The Balaban J connectivity index is -0.000000750. The van der Waals surface area contributed by atoms with Crippen molar-refractivity contribution in [1.29, 1.82) is 0 Å². The minimum absolute atomic E-state index is 0. The maximum Gasteiger partial charge on any atom is 2.00 e. The van der Waals surface area contributed by atoms with Crippen LogP contribution in [0, 0.1) is 0 Å². The summed E-state index contributed by atoms with van der Waals surface area (Å²) in [5, 5.41) is 14.4.